The lowest BCUT2D eigenvalue weighted by molar-refractivity contribution is -0.142. The second-order valence-electron chi connectivity index (χ2n) is 3.71. The summed E-state index contributed by atoms with van der Waals surface area (Å²) in [6.07, 6.45) is 1.84. The number of nitrogens with zero attached hydrogens (tertiary/aromatic N) is 1. The Morgan fingerprint density at radius 2 is 2.16 bits per heavy atom. The number of rotatable bonds is 6. The lowest BCUT2D eigenvalue weighted by Crippen LogP contribution is -2.12. The van der Waals surface area contributed by atoms with Gasteiger partial charge < -0.3 is 14.8 Å². The summed E-state index contributed by atoms with van der Waals surface area (Å²) < 4.78 is 9.75. The highest BCUT2D eigenvalue weighted by Gasteiger charge is 2.01. The van der Waals surface area contributed by atoms with Gasteiger partial charge in [0.25, 0.3) is 0 Å². The van der Waals surface area contributed by atoms with E-state index in [4.69, 9.17) is 4.74 Å². The first-order valence-electron chi connectivity index (χ1n) is 5.69. The third-order valence-electron chi connectivity index (χ3n) is 2.39. The fourth-order valence-corrected chi connectivity index (χ4v) is 1.92. The number of carbonyl (C=O) groups is 1. The molecule has 5 nitrogen and oxygen atoms in total. The molecule has 1 aromatic carbocycles. The fourth-order valence-electron chi connectivity index (χ4n) is 1.39. The maximum atomic E-state index is 10.9. The summed E-state index contributed by atoms with van der Waals surface area (Å²) in [5.41, 5.74) is 2.79. The molecule has 0 aliphatic carbocycles. The Morgan fingerprint density at radius 1 is 1.37 bits per heavy atom. The van der Waals surface area contributed by atoms with Crippen molar-refractivity contribution in [2.45, 2.75) is 6.54 Å². The largest absolute Gasteiger partial charge is 0.482 e. The van der Waals surface area contributed by atoms with Gasteiger partial charge in [0.15, 0.2) is 6.61 Å². The minimum absolute atomic E-state index is 0.0792. The molecule has 0 atom stereocenters. The van der Waals surface area contributed by atoms with Gasteiger partial charge in [-0.15, -0.1) is 11.3 Å². The van der Waals surface area contributed by atoms with Crippen molar-refractivity contribution in [3.8, 4) is 5.75 Å². The molecule has 0 bridgehead atoms. The van der Waals surface area contributed by atoms with Crippen LogP contribution in [0.25, 0.3) is 0 Å². The smallest absolute Gasteiger partial charge is 0.343 e. The molecule has 0 aliphatic heterocycles. The summed E-state index contributed by atoms with van der Waals surface area (Å²) in [4.78, 5) is 16.1. The van der Waals surface area contributed by atoms with Crippen LogP contribution in [0.1, 0.15) is 4.88 Å². The Morgan fingerprint density at radius 3 is 2.79 bits per heavy atom. The van der Waals surface area contributed by atoms with Gasteiger partial charge >= 0.3 is 5.97 Å². The Hall–Kier alpha value is -2.08. The van der Waals surface area contributed by atoms with Gasteiger partial charge in [0, 0.05) is 16.8 Å². The number of benzene rings is 1. The van der Waals surface area contributed by atoms with Crippen molar-refractivity contribution in [3.05, 3.63) is 40.8 Å². The molecule has 1 heterocycles. The van der Waals surface area contributed by atoms with Crippen LogP contribution in [0.15, 0.2) is 36.0 Å². The number of anilines is 1. The van der Waals surface area contributed by atoms with E-state index < -0.39 is 5.97 Å². The summed E-state index contributed by atoms with van der Waals surface area (Å²) >= 11 is 1.61. The van der Waals surface area contributed by atoms with Crippen molar-refractivity contribution >= 4 is 23.0 Å². The zero-order valence-corrected chi connectivity index (χ0v) is 11.3. The average molecular weight is 278 g/mol. The molecular formula is C13H14N2O3S. The molecule has 0 saturated heterocycles. The molecule has 0 spiro atoms. The molecule has 0 saturated carbocycles. The van der Waals surface area contributed by atoms with E-state index in [-0.39, 0.29) is 6.61 Å². The van der Waals surface area contributed by atoms with E-state index in [0.29, 0.717) is 5.75 Å². The number of nitrogens with one attached hydrogen (secondary N) is 1. The summed E-state index contributed by atoms with van der Waals surface area (Å²) in [5.74, 6) is 0.237. The van der Waals surface area contributed by atoms with E-state index in [1.54, 1.807) is 29.0 Å². The Kier molecular flexibility index (Phi) is 4.74. The van der Waals surface area contributed by atoms with Gasteiger partial charge in [-0.2, -0.15) is 0 Å². The van der Waals surface area contributed by atoms with Crippen LogP contribution >= 0.6 is 11.3 Å². The van der Waals surface area contributed by atoms with Gasteiger partial charge in [0.05, 0.1) is 19.2 Å². The number of hydrogen-bond donors (Lipinski definition) is 1. The number of methoxy groups -OCH3 is 1. The number of thiazole rings is 1. The van der Waals surface area contributed by atoms with E-state index in [0.717, 1.165) is 12.2 Å². The maximum Gasteiger partial charge on any atom is 0.343 e. The number of ether oxygens (including phenoxy) is 2. The lowest BCUT2D eigenvalue weighted by Gasteiger charge is -2.07. The number of carbonyl (C=O) groups excluding carboxylic acids is 1. The van der Waals surface area contributed by atoms with E-state index >= 15 is 0 Å². The number of esters is 1. The lowest BCUT2D eigenvalue weighted by atomic mass is 10.3. The van der Waals surface area contributed by atoms with Crippen LogP contribution in [0.5, 0.6) is 5.75 Å². The Labute approximate surface area is 115 Å². The zero-order chi connectivity index (χ0) is 13.5. The second-order valence-corrected chi connectivity index (χ2v) is 4.68. The molecule has 1 aromatic heterocycles. The van der Waals surface area contributed by atoms with Crippen molar-refractivity contribution in [3.63, 3.8) is 0 Å². The van der Waals surface area contributed by atoms with Crippen molar-refractivity contribution in [2.24, 2.45) is 0 Å². The quantitative estimate of drug-likeness (QED) is 0.822. The Bertz CT molecular complexity index is 511. The maximum absolute atomic E-state index is 10.9. The zero-order valence-electron chi connectivity index (χ0n) is 10.5. The molecule has 2 rings (SSSR count). The van der Waals surface area contributed by atoms with Crippen LogP contribution in [-0.2, 0) is 16.1 Å². The van der Waals surface area contributed by atoms with Crippen molar-refractivity contribution in [1.29, 1.82) is 0 Å². The highest BCUT2D eigenvalue weighted by Crippen LogP contribution is 2.17. The Balaban J connectivity index is 1.82. The predicted octanol–water partition coefficient (Wildman–Crippen LogP) is 2.31. The summed E-state index contributed by atoms with van der Waals surface area (Å²) in [6, 6.07) is 7.40. The van der Waals surface area contributed by atoms with E-state index in [1.807, 2.05) is 18.3 Å². The predicted molar refractivity (Wildman–Crippen MR) is 73.4 cm³/mol. The van der Waals surface area contributed by atoms with E-state index in [1.165, 1.54) is 12.0 Å². The molecule has 1 N–H and O–H groups in total. The first-order chi connectivity index (χ1) is 9.28. The topological polar surface area (TPSA) is 60.5 Å². The highest BCUT2D eigenvalue weighted by molar-refractivity contribution is 7.09. The molecule has 100 valence electrons. The molecule has 2 aromatic rings. The van der Waals surface area contributed by atoms with Crippen LogP contribution in [0.3, 0.4) is 0 Å². The highest BCUT2D eigenvalue weighted by atomic mass is 32.1. The van der Waals surface area contributed by atoms with E-state index in [2.05, 4.69) is 15.0 Å². The molecule has 19 heavy (non-hydrogen) atoms. The van der Waals surface area contributed by atoms with Gasteiger partial charge in [-0.1, -0.05) is 0 Å². The van der Waals surface area contributed by atoms with Crippen LogP contribution in [0.2, 0.25) is 0 Å². The minimum atomic E-state index is -0.396. The molecule has 0 radical (unpaired) electrons. The number of hydrogen-bond acceptors (Lipinski definition) is 6. The van der Waals surface area contributed by atoms with Crippen LogP contribution < -0.4 is 10.1 Å². The van der Waals surface area contributed by atoms with Gasteiger partial charge in [-0.25, -0.2) is 4.79 Å². The molecular weight excluding hydrogens is 264 g/mol. The summed E-state index contributed by atoms with van der Waals surface area (Å²) in [7, 11) is 1.33. The van der Waals surface area contributed by atoms with Gasteiger partial charge in [-0.3, -0.25) is 4.98 Å². The van der Waals surface area contributed by atoms with Gasteiger partial charge in [0.2, 0.25) is 0 Å². The average Bonchev–Trinajstić information content (AvgIpc) is 2.97. The molecule has 0 unspecified atom stereocenters. The molecule has 6 heteroatoms. The monoisotopic (exact) mass is 278 g/mol. The fraction of sp³-hybridized carbons (Fsp3) is 0.231. The summed E-state index contributed by atoms with van der Waals surface area (Å²) in [6.45, 7) is 0.664. The van der Waals surface area contributed by atoms with Gasteiger partial charge in [-0.05, 0) is 24.3 Å². The second kappa shape index (κ2) is 6.75. The SMILES string of the molecule is COC(=O)COc1ccc(NCc2cncs2)cc1. The number of aromatic nitrogens is 1. The third kappa shape index (κ3) is 4.26. The standard InChI is InChI=1S/C13H14N2O3S/c1-17-13(16)8-18-11-4-2-10(3-5-11)15-7-12-6-14-9-19-12/h2-6,9,15H,7-8H2,1H3. The minimum Gasteiger partial charge on any atom is -0.482 e. The summed E-state index contributed by atoms with van der Waals surface area (Å²) in [5, 5.41) is 3.27. The van der Waals surface area contributed by atoms with Crippen LogP contribution in [0.4, 0.5) is 5.69 Å². The van der Waals surface area contributed by atoms with Gasteiger partial charge in [0.1, 0.15) is 5.75 Å². The van der Waals surface area contributed by atoms with Crippen LogP contribution in [-0.4, -0.2) is 24.7 Å². The molecule has 0 amide bonds. The first kappa shape index (κ1) is 13.4. The van der Waals surface area contributed by atoms with Crippen molar-refractivity contribution in [1.82, 2.24) is 4.98 Å². The third-order valence-corrected chi connectivity index (χ3v) is 3.17. The molecule has 0 aliphatic rings. The van der Waals surface area contributed by atoms with Crippen molar-refractivity contribution < 1.29 is 14.3 Å². The van der Waals surface area contributed by atoms with Crippen LogP contribution in [0, 0.1) is 0 Å². The molecule has 0 fully saturated rings. The normalized spacial score (nSPS) is 9.95. The van der Waals surface area contributed by atoms with Crippen molar-refractivity contribution in [2.75, 3.05) is 19.0 Å². The first-order valence-corrected chi connectivity index (χ1v) is 6.57. The van der Waals surface area contributed by atoms with E-state index in [9.17, 15) is 4.79 Å².